The molecule has 5 heteroatoms. The molecule has 0 radical (unpaired) electrons. The molecule has 0 bridgehead atoms. The monoisotopic (exact) mass is 406 g/mol. The molecule has 0 fully saturated rings. The first kappa shape index (κ1) is 21.0. The van der Waals surface area contributed by atoms with E-state index in [0.717, 1.165) is 16.0 Å². The van der Waals surface area contributed by atoms with Crippen LogP contribution in [0, 0.1) is 0 Å². The van der Waals surface area contributed by atoms with Crippen molar-refractivity contribution < 1.29 is 9.53 Å². The number of benzene rings is 3. The molecule has 0 saturated heterocycles. The van der Waals surface area contributed by atoms with Crippen molar-refractivity contribution in [2.24, 2.45) is 5.73 Å². The second-order valence-corrected chi connectivity index (χ2v) is 7.45. The van der Waals surface area contributed by atoms with Crippen LogP contribution >= 0.6 is 11.8 Å². The van der Waals surface area contributed by atoms with Crippen LogP contribution in [0.5, 0.6) is 5.75 Å². The van der Waals surface area contributed by atoms with Gasteiger partial charge in [0.2, 0.25) is 0 Å². The van der Waals surface area contributed by atoms with Gasteiger partial charge in [0.15, 0.2) is 0 Å². The highest BCUT2D eigenvalue weighted by Gasteiger charge is 2.20. The van der Waals surface area contributed by atoms with E-state index in [-0.39, 0.29) is 5.91 Å². The minimum Gasteiger partial charge on any atom is -0.488 e. The normalized spacial score (nSPS) is 10.6. The third kappa shape index (κ3) is 5.62. The number of thioether (sulfide) groups is 1. The molecule has 150 valence electrons. The average Bonchev–Trinajstić information content (AvgIpc) is 2.78. The van der Waals surface area contributed by atoms with Gasteiger partial charge in [0.1, 0.15) is 12.4 Å². The number of hydrogen-bond donors (Lipinski definition) is 1. The molecule has 0 saturated carbocycles. The summed E-state index contributed by atoms with van der Waals surface area (Å²) in [7, 11) is 0. The number of carbonyl (C=O) groups excluding carboxylic acids is 1. The van der Waals surface area contributed by atoms with Gasteiger partial charge in [-0.2, -0.15) is 0 Å². The Labute approximate surface area is 176 Å². The summed E-state index contributed by atoms with van der Waals surface area (Å²) in [5.74, 6) is 0.511. The Hall–Kier alpha value is -2.76. The lowest BCUT2D eigenvalue weighted by molar-refractivity contribution is 0.0742. The Kier molecular flexibility index (Phi) is 7.73. The molecule has 0 heterocycles. The zero-order chi connectivity index (χ0) is 20.5. The van der Waals surface area contributed by atoms with E-state index in [1.54, 1.807) is 16.7 Å². The minimum atomic E-state index is -0.0741. The first-order valence-electron chi connectivity index (χ1n) is 9.60. The number of hydrogen-bond acceptors (Lipinski definition) is 4. The summed E-state index contributed by atoms with van der Waals surface area (Å²) < 4.78 is 5.98. The zero-order valence-electron chi connectivity index (χ0n) is 16.6. The van der Waals surface area contributed by atoms with E-state index in [1.165, 1.54) is 0 Å². The van der Waals surface area contributed by atoms with Crippen molar-refractivity contribution >= 4 is 17.7 Å². The Bertz CT molecular complexity index is 931. The molecule has 0 aliphatic carbocycles. The van der Waals surface area contributed by atoms with Crippen molar-refractivity contribution in [2.45, 2.75) is 18.0 Å². The molecule has 3 aromatic rings. The Morgan fingerprint density at radius 1 is 0.966 bits per heavy atom. The Morgan fingerprint density at radius 2 is 1.66 bits per heavy atom. The smallest absolute Gasteiger partial charge is 0.257 e. The van der Waals surface area contributed by atoms with E-state index in [1.807, 2.05) is 73.0 Å². The Balaban J connectivity index is 1.81. The number of nitrogens with two attached hydrogens (primary N) is 1. The van der Waals surface area contributed by atoms with Crippen molar-refractivity contribution in [1.82, 2.24) is 4.90 Å². The van der Waals surface area contributed by atoms with E-state index >= 15 is 0 Å². The van der Waals surface area contributed by atoms with Crippen molar-refractivity contribution in [3.05, 3.63) is 95.6 Å². The molecule has 2 N–H and O–H groups in total. The SMILES string of the molecule is CSc1ccccc1CN(CCN)C(=O)c1ccccc1OCc1ccccc1. The molecule has 0 aromatic heterocycles. The maximum atomic E-state index is 13.4. The summed E-state index contributed by atoms with van der Waals surface area (Å²) in [6, 6.07) is 25.5. The highest BCUT2D eigenvalue weighted by atomic mass is 32.2. The molecule has 1 amide bonds. The van der Waals surface area contributed by atoms with Gasteiger partial charge in [-0.3, -0.25) is 4.79 Å². The molecule has 0 aliphatic heterocycles. The van der Waals surface area contributed by atoms with Crippen LogP contribution in [0.1, 0.15) is 21.5 Å². The van der Waals surface area contributed by atoms with Gasteiger partial charge in [0.25, 0.3) is 5.91 Å². The molecule has 0 unspecified atom stereocenters. The first-order valence-corrected chi connectivity index (χ1v) is 10.8. The van der Waals surface area contributed by atoms with Crippen LogP contribution in [0.3, 0.4) is 0 Å². The van der Waals surface area contributed by atoms with Crippen LogP contribution in [0.4, 0.5) is 0 Å². The van der Waals surface area contributed by atoms with Crippen LogP contribution in [-0.2, 0) is 13.2 Å². The number of amides is 1. The van der Waals surface area contributed by atoms with Crippen molar-refractivity contribution in [1.29, 1.82) is 0 Å². The molecule has 4 nitrogen and oxygen atoms in total. The fraction of sp³-hybridized carbons (Fsp3) is 0.208. The molecule has 3 rings (SSSR count). The van der Waals surface area contributed by atoms with E-state index < -0.39 is 0 Å². The lowest BCUT2D eigenvalue weighted by Crippen LogP contribution is -2.35. The van der Waals surface area contributed by atoms with E-state index in [9.17, 15) is 4.79 Å². The average molecular weight is 407 g/mol. The fourth-order valence-electron chi connectivity index (χ4n) is 3.12. The van der Waals surface area contributed by atoms with Crippen LogP contribution in [0.2, 0.25) is 0 Å². The van der Waals surface area contributed by atoms with Gasteiger partial charge in [0.05, 0.1) is 5.56 Å². The molecule has 0 atom stereocenters. The summed E-state index contributed by atoms with van der Waals surface area (Å²) in [6.07, 6.45) is 2.04. The maximum Gasteiger partial charge on any atom is 0.257 e. The number of ether oxygens (including phenoxy) is 1. The number of nitrogens with zero attached hydrogens (tertiary/aromatic N) is 1. The highest BCUT2D eigenvalue weighted by Crippen LogP contribution is 2.25. The minimum absolute atomic E-state index is 0.0741. The predicted molar refractivity (Wildman–Crippen MR) is 119 cm³/mol. The Morgan fingerprint density at radius 3 is 2.41 bits per heavy atom. The zero-order valence-corrected chi connectivity index (χ0v) is 17.4. The van der Waals surface area contributed by atoms with E-state index in [0.29, 0.717) is 37.6 Å². The summed E-state index contributed by atoms with van der Waals surface area (Å²) >= 11 is 1.68. The van der Waals surface area contributed by atoms with Crippen LogP contribution in [0.15, 0.2) is 83.8 Å². The van der Waals surface area contributed by atoms with Crippen LogP contribution in [0.25, 0.3) is 0 Å². The third-order valence-corrected chi connectivity index (χ3v) is 5.43. The van der Waals surface area contributed by atoms with Crippen molar-refractivity contribution in [2.75, 3.05) is 19.3 Å². The standard InChI is InChI=1S/C24H26N2O2S/c1-29-23-14-8-5-11-20(23)17-26(16-15-25)24(27)21-12-6-7-13-22(21)28-18-19-9-3-2-4-10-19/h2-14H,15-18,25H2,1H3. The van der Waals surface area contributed by atoms with Gasteiger partial charge in [-0.25, -0.2) is 0 Å². The largest absolute Gasteiger partial charge is 0.488 e. The van der Waals surface area contributed by atoms with Gasteiger partial charge in [-0.1, -0.05) is 60.7 Å². The summed E-state index contributed by atoms with van der Waals surface area (Å²) in [6.45, 7) is 1.81. The maximum absolute atomic E-state index is 13.4. The number of para-hydroxylation sites is 1. The molecule has 0 spiro atoms. The van der Waals surface area contributed by atoms with Crippen LogP contribution < -0.4 is 10.5 Å². The first-order chi connectivity index (χ1) is 14.2. The quantitative estimate of drug-likeness (QED) is 0.528. The van der Waals surface area contributed by atoms with Crippen LogP contribution in [-0.4, -0.2) is 30.2 Å². The lowest BCUT2D eigenvalue weighted by Gasteiger charge is -2.24. The molecule has 3 aromatic carbocycles. The summed E-state index contributed by atoms with van der Waals surface area (Å²) in [5, 5.41) is 0. The van der Waals surface area contributed by atoms with E-state index in [2.05, 4.69) is 12.1 Å². The van der Waals surface area contributed by atoms with Gasteiger partial charge in [-0.15, -0.1) is 11.8 Å². The molecular weight excluding hydrogens is 380 g/mol. The molecular formula is C24H26N2O2S. The van der Waals surface area contributed by atoms with Gasteiger partial charge in [0, 0.05) is 24.5 Å². The second-order valence-electron chi connectivity index (χ2n) is 6.60. The summed E-state index contributed by atoms with van der Waals surface area (Å²) in [5.41, 5.74) is 8.54. The predicted octanol–water partition coefficient (Wildman–Crippen LogP) is 4.59. The lowest BCUT2D eigenvalue weighted by atomic mass is 10.1. The molecule has 29 heavy (non-hydrogen) atoms. The van der Waals surface area contributed by atoms with E-state index in [4.69, 9.17) is 10.5 Å². The topological polar surface area (TPSA) is 55.6 Å². The van der Waals surface area contributed by atoms with Gasteiger partial charge < -0.3 is 15.4 Å². The van der Waals surface area contributed by atoms with Gasteiger partial charge >= 0.3 is 0 Å². The van der Waals surface area contributed by atoms with Crippen molar-refractivity contribution in [3.8, 4) is 5.75 Å². The van der Waals surface area contributed by atoms with Gasteiger partial charge in [-0.05, 0) is 35.6 Å². The number of carbonyl (C=O) groups is 1. The number of rotatable bonds is 9. The molecule has 0 aliphatic rings. The second kappa shape index (κ2) is 10.7. The van der Waals surface area contributed by atoms with Crippen molar-refractivity contribution in [3.63, 3.8) is 0 Å². The third-order valence-electron chi connectivity index (χ3n) is 4.59. The highest BCUT2D eigenvalue weighted by molar-refractivity contribution is 7.98. The summed E-state index contributed by atoms with van der Waals surface area (Å²) in [4.78, 5) is 16.3. The fourth-order valence-corrected chi connectivity index (χ4v) is 3.73.